The molecule has 114 valence electrons. The minimum Gasteiger partial charge on any atom is -0.463 e. The van der Waals surface area contributed by atoms with Crippen molar-refractivity contribution < 1.29 is 9.53 Å². The molecule has 0 aromatic heterocycles. The van der Waals surface area contributed by atoms with E-state index in [0.29, 0.717) is 6.61 Å². The summed E-state index contributed by atoms with van der Waals surface area (Å²) in [5, 5.41) is 0. The summed E-state index contributed by atoms with van der Waals surface area (Å²) in [5.41, 5.74) is 6.58. The fraction of sp³-hybridized carbons (Fsp3) is 0.250. The molecule has 0 radical (unpaired) electrons. The molecule has 0 atom stereocenters. The third-order valence-corrected chi connectivity index (χ3v) is 3.58. The van der Waals surface area contributed by atoms with Crippen molar-refractivity contribution >= 4 is 11.5 Å². The highest BCUT2D eigenvalue weighted by Gasteiger charge is 2.13. The molecule has 0 saturated heterocycles. The van der Waals surface area contributed by atoms with E-state index in [1.165, 1.54) is 5.56 Å². The normalized spacial score (nSPS) is 11.4. The third kappa shape index (κ3) is 3.64. The van der Waals surface area contributed by atoms with E-state index in [1.807, 2.05) is 37.3 Å². The molecule has 2 rings (SSSR count). The molecule has 0 amide bonds. The predicted molar refractivity (Wildman–Crippen MR) is 90.8 cm³/mol. The second-order valence-corrected chi connectivity index (χ2v) is 5.45. The van der Waals surface area contributed by atoms with Crippen molar-refractivity contribution in [1.82, 2.24) is 0 Å². The van der Waals surface area contributed by atoms with Gasteiger partial charge in [0, 0.05) is 6.08 Å². The van der Waals surface area contributed by atoms with Crippen LogP contribution in [0.4, 0.5) is 0 Å². The maximum Gasteiger partial charge on any atom is 0.331 e. The summed E-state index contributed by atoms with van der Waals surface area (Å²) in [5.74, 6) is -0.305. The quantitative estimate of drug-likeness (QED) is 0.608. The molecule has 2 nitrogen and oxygen atoms in total. The molecule has 0 unspecified atom stereocenters. The Labute approximate surface area is 132 Å². The van der Waals surface area contributed by atoms with Crippen LogP contribution in [0.15, 0.2) is 48.5 Å². The Morgan fingerprint density at radius 2 is 1.64 bits per heavy atom. The van der Waals surface area contributed by atoms with Gasteiger partial charge < -0.3 is 4.74 Å². The van der Waals surface area contributed by atoms with Gasteiger partial charge in [-0.25, -0.2) is 4.79 Å². The maximum absolute atomic E-state index is 12.0. The second-order valence-electron chi connectivity index (χ2n) is 5.45. The Kier molecular flexibility index (Phi) is 5.16. The number of aryl methyl sites for hydroxylation is 3. The van der Waals surface area contributed by atoms with Crippen LogP contribution in [-0.4, -0.2) is 12.6 Å². The lowest BCUT2D eigenvalue weighted by atomic mass is 9.89. The van der Waals surface area contributed by atoms with Crippen LogP contribution in [0.1, 0.15) is 34.7 Å². The van der Waals surface area contributed by atoms with Gasteiger partial charge in [-0.3, -0.25) is 0 Å². The minimum absolute atomic E-state index is 0.305. The minimum atomic E-state index is -0.305. The lowest BCUT2D eigenvalue weighted by Crippen LogP contribution is -2.04. The van der Waals surface area contributed by atoms with Gasteiger partial charge in [-0.15, -0.1) is 0 Å². The average molecular weight is 294 g/mol. The largest absolute Gasteiger partial charge is 0.463 e. The van der Waals surface area contributed by atoms with E-state index in [1.54, 1.807) is 6.08 Å². The predicted octanol–water partition coefficient (Wildman–Crippen LogP) is 4.61. The lowest BCUT2D eigenvalue weighted by molar-refractivity contribution is -0.137. The molecule has 0 bridgehead atoms. The summed E-state index contributed by atoms with van der Waals surface area (Å²) < 4.78 is 5.10. The summed E-state index contributed by atoms with van der Waals surface area (Å²) in [6.07, 6.45) is 1.60. The Morgan fingerprint density at radius 1 is 1.05 bits per heavy atom. The summed E-state index contributed by atoms with van der Waals surface area (Å²) >= 11 is 0. The number of benzene rings is 2. The molecule has 2 heteroatoms. The summed E-state index contributed by atoms with van der Waals surface area (Å²) in [7, 11) is 0. The molecule has 0 aliphatic heterocycles. The summed E-state index contributed by atoms with van der Waals surface area (Å²) in [4.78, 5) is 12.0. The van der Waals surface area contributed by atoms with Crippen LogP contribution in [-0.2, 0) is 9.53 Å². The van der Waals surface area contributed by atoms with Crippen molar-refractivity contribution in [3.63, 3.8) is 0 Å². The Bertz CT molecular complexity index is 674. The molecule has 0 fully saturated rings. The molecule has 22 heavy (non-hydrogen) atoms. The first-order chi connectivity index (χ1) is 10.5. The number of hydrogen-bond donors (Lipinski definition) is 0. The van der Waals surface area contributed by atoms with Gasteiger partial charge in [0.15, 0.2) is 0 Å². The van der Waals surface area contributed by atoms with E-state index in [-0.39, 0.29) is 5.97 Å². The van der Waals surface area contributed by atoms with Crippen LogP contribution in [0.25, 0.3) is 5.57 Å². The van der Waals surface area contributed by atoms with Crippen molar-refractivity contribution in [1.29, 1.82) is 0 Å². The number of hydrogen-bond acceptors (Lipinski definition) is 2. The molecule has 2 aromatic rings. The Hall–Kier alpha value is -2.35. The Balaban J connectivity index is 2.62. The number of carbonyl (C=O) groups is 1. The monoisotopic (exact) mass is 294 g/mol. The lowest BCUT2D eigenvalue weighted by Gasteiger charge is -2.15. The SMILES string of the molecule is CCOC(=O)/C=C(/c1ccccc1)c1c(C)cc(C)cc1C. The zero-order valence-corrected chi connectivity index (χ0v) is 13.6. The summed E-state index contributed by atoms with van der Waals surface area (Å²) in [6, 6.07) is 14.3. The first-order valence-electron chi connectivity index (χ1n) is 7.55. The molecule has 0 aliphatic rings. The summed E-state index contributed by atoms with van der Waals surface area (Å²) in [6.45, 7) is 8.44. The van der Waals surface area contributed by atoms with E-state index < -0.39 is 0 Å². The van der Waals surface area contributed by atoms with Gasteiger partial charge >= 0.3 is 5.97 Å². The van der Waals surface area contributed by atoms with E-state index in [9.17, 15) is 4.79 Å². The van der Waals surface area contributed by atoms with Crippen LogP contribution in [0.3, 0.4) is 0 Å². The van der Waals surface area contributed by atoms with Crippen molar-refractivity contribution in [3.05, 3.63) is 76.4 Å². The van der Waals surface area contributed by atoms with Crippen molar-refractivity contribution in [2.75, 3.05) is 6.61 Å². The smallest absolute Gasteiger partial charge is 0.331 e. The molecule has 0 N–H and O–H groups in total. The van der Waals surface area contributed by atoms with E-state index >= 15 is 0 Å². The molecule has 2 aromatic carbocycles. The van der Waals surface area contributed by atoms with Gasteiger partial charge in [0.05, 0.1) is 6.61 Å². The van der Waals surface area contributed by atoms with E-state index in [0.717, 1.165) is 27.8 Å². The number of esters is 1. The van der Waals surface area contributed by atoms with Crippen LogP contribution < -0.4 is 0 Å². The molecule has 0 heterocycles. The van der Waals surface area contributed by atoms with E-state index in [4.69, 9.17) is 4.74 Å². The van der Waals surface area contributed by atoms with Crippen LogP contribution in [0, 0.1) is 20.8 Å². The van der Waals surface area contributed by atoms with Gasteiger partial charge in [-0.2, -0.15) is 0 Å². The van der Waals surface area contributed by atoms with Crippen LogP contribution in [0.5, 0.6) is 0 Å². The Morgan fingerprint density at radius 3 is 2.18 bits per heavy atom. The topological polar surface area (TPSA) is 26.3 Å². The first kappa shape index (κ1) is 16.0. The third-order valence-electron chi connectivity index (χ3n) is 3.58. The van der Waals surface area contributed by atoms with Crippen molar-refractivity contribution in [2.24, 2.45) is 0 Å². The zero-order valence-electron chi connectivity index (χ0n) is 13.6. The van der Waals surface area contributed by atoms with Crippen LogP contribution in [0.2, 0.25) is 0 Å². The molecular weight excluding hydrogens is 272 g/mol. The average Bonchev–Trinajstić information content (AvgIpc) is 2.46. The van der Waals surface area contributed by atoms with Gasteiger partial charge in [0.2, 0.25) is 0 Å². The number of ether oxygens (including phenoxy) is 1. The highest BCUT2D eigenvalue weighted by atomic mass is 16.5. The highest BCUT2D eigenvalue weighted by molar-refractivity contribution is 5.97. The fourth-order valence-electron chi connectivity index (χ4n) is 2.82. The molecular formula is C20H22O2. The fourth-order valence-corrected chi connectivity index (χ4v) is 2.82. The number of carbonyl (C=O) groups excluding carboxylic acids is 1. The zero-order chi connectivity index (χ0) is 16.1. The standard InChI is InChI=1S/C20H22O2/c1-5-22-19(21)13-18(17-9-7-6-8-10-17)20-15(3)11-14(2)12-16(20)4/h6-13H,5H2,1-4H3/b18-13-. The van der Waals surface area contributed by atoms with Crippen LogP contribution >= 0.6 is 0 Å². The maximum atomic E-state index is 12.0. The van der Waals surface area contributed by atoms with E-state index in [2.05, 4.69) is 32.9 Å². The van der Waals surface area contributed by atoms with Crippen molar-refractivity contribution in [3.8, 4) is 0 Å². The second kappa shape index (κ2) is 7.08. The number of rotatable bonds is 4. The molecule has 0 saturated carbocycles. The van der Waals surface area contributed by atoms with Gasteiger partial charge in [-0.05, 0) is 55.5 Å². The van der Waals surface area contributed by atoms with Gasteiger partial charge in [-0.1, -0.05) is 48.0 Å². The molecule has 0 spiro atoms. The molecule has 0 aliphatic carbocycles. The highest BCUT2D eigenvalue weighted by Crippen LogP contribution is 2.30. The van der Waals surface area contributed by atoms with Crippen molar-refractivity contribution in [2.45, 2.75) is 27.7 Å². The first-order valence-corrected chi connectivity index (χ1v) is 7.55. The van der Waals surface area contributed by atoms with Gasteiger partial charge in [0.25, 0.3) is 0 Å². The van der Waals surface area contributed by atoms with Gasteiger partial charge in [0.1, 0.15) is 0 Å².